The minimum atomic E-state index is -0.0695. The second-order valence-corrected chi connectivity index (χ2v) is 6.12. The fourth-order valence-corrected chi connectivity index (χ4v) is 3.12. The summed E-state index contributed by atoms with van der Waals surface area (Å²) in [6, 6.07) is 1.96. The summed E-state index contributed by atoms with van der Waals surface area (Å²) in [7, 11) is 3.93. The largest absolute Gasteiger partial charge is 0.506 e. The minimum absolute atomic E-state index is 0.0695. The molecule has 1 aliphatic carbocycles. The quantitative estimate of drug-likeness (QED) is 0.640. The second kappa shape index (κ2) is 4.57. The molecule has 114 valence electrons. The van der Waals surface area contributed by atoms with E-state index < -0.39 is 0 Å². The van der Waals surface area contributed by atoms with Crippen LogP contribution in [0.5, 0.6) is 0 Å². The average molecular weight is 297 g/mol. The van der Waals surface area contributed by atoms with Gasteiger partial charge in [0, 0.05) is 43.9 Å². The summed E-state index contributed by atoms with van der Waals surface area (Å²) in [6.45, 7) is 7.91. The highest BCUT2D eigenvalue weighted by Crippen LogP contribution is 2.41. The van der Waals surface area contributed by atoms with E-state index in [1.54, 1.807) is 0 Å². The summed E-state index contributed by atoms with van der Waals surface area (Å²) >= 11 is 0. The monoisotopic (exact) mass is 297 g/mol. The molecular weight excluding hydrogens is 276 g/mol. The summed E-state index contributed by atoms with van der Waals surface area (Å²) < 4.78 is 4.05. The molecule has 0 saturated carbocycles. The van der Waals surface area contributed by atoms with Gasteiger partial charge in [0.25, 0.3) is 0 Å². The van der Waals surface area contributed by atoms with Crippen molar-refractivity contribution in [2.24, 2.45) is 7.05 Å². The molecular formula is C18H21N2O2+. The second-order valence-electron chi connectivity index (χ2n) is 6.12. The molecule has 0 fully saturated rings. The predicted octanol–water partition coefficient (Wildman–Crippen LogP) is 2.81. The first kappa shape index (κ1) is 14.6. The van der Waals surface area contributed by atoms with Gasteiger partial charge in [-0.15, -0.1) is 0 Å². The van der Waals surface area contributed by atoms with E-state index in [0.29, 0.717) is 11.1 Å². The van der Waals surface area contributed by atoms with Gasteiger partial charge in [0.2, 0.25) is 5.78 Å². The van der Waals surface area contributed by atoms with Crippen molar-refractivity contribution in [1.29, 1.82) is 0 Å². The van der Waals surface area contributed by atoms with Gasteiger partial charge >= 0.3 is 0 Å². The summed E-state index contributed by atoms with van der Waals surface area (Å²) in [6.07, 6.45) is 1.96. The Morgan fingerprint density at radius 3 is 2.18 bits per heavy atom. The lowest BCUT2D eigenvalue weighted by Gasteiger charge is -2.22. The molecule has 0 atom stereocenters. The predicted molar refractivity (Wildman–Crippen MR) is 87.1 cm³/mol. The molecule has 1 N–H and O–H groups in total. The van der Waals surface area contributed by atoms with Crippen molar-refractivity contribution in [3.63, 3.8) is 0 Å². The number of allylic oxidation sites excluding steroid dienone is 5. The average Bonchev–Trinajstić information content (AvgIpc) is 2.85. The Labute approximate surface area is 130 Å². The van der Waals surface area contributed by atoms with Crippen molar-refractivity contribution in [2.75, 3.05) is 7.05 Å². The van der Waals surface area contributed by atoms with Gasteiger partial charge < -0.3 is 9.67 Å². The standard InChI is InChI=1S/C18H20N2O2/c1-9-7-13(11(3)19(9)5)15-17(21)16(18(15)22)14-8-10(2)20(6)12(14)4/h7-8H,1-6H3/p+1. The Morgan fingerprint density at radius 1 is 1.14 bits per heavy atom. The fraction of sp³-hybridized carbons (Fsp3) is 0.333. The topological polar surface area (TPSA) is 45.2 Å². The molecule has 0 unspecified atom stereocenters. The van der Waals surface area contributed by atoms with Crippen LogP contribution in [-0.4, -0.2) is 32.8 Å². The van der Waals surface area contributed by atoms with Gasteiger partial charge in [0.1, 0.15) is 12.8 Å². The summed E-state index contributed by atoms with van der Waals surface area (Å²) in [5, 5.41) is 10.5. The minimum Gasteiger partial charge on any atom is -0.506 e. The van der Waals surface area contributed by atoms with Crippen LogP contribution in [0.4, 0.5) is 0 Å². The maximum Gasteiger partial charge on any atom is 0.202 e. The van der Waals surface area contributed by atoms with E-state index in [-0.39, 0.29) is 11.5 Å². The molecule has 0 aromatic carbocycles. The Kier molecular flexibility index (Phi) is 3.02. The number of aryl methyl sites for hydroxylation is 1. The molecule has 1 aromatic rings. The number of hydrogen-bond donors (Lipinski definition) is 1. The third-order valence-corrected chi connectivity index (χ3v) is 5.02. The van der Waals surface area contributed by atoms with Crippen LogP contribution in [-0.2, 0) is 11.8 Å². The molecule has 22 heavy (non-hydrogen) atoms. The van der Waals surface area contributed by atoms with Crippen LogP contribution in [0, 0.1) is 13.8 Å². The normalized spacial score (nSPS) is 21.7. The third-order valence-electron chi connectivity index (χ3n) is 5.02. The molecule has 4 heteroatoms. The SMILES string of the molecule is CC1=CC(=C2C(=O)C(c3cc(C)n(C)c3C)=C2O)C(C)=[N+]1C. The first-order valence-corrected chi connectivity index (χ1v) is 7.37. The summed E-state index contributed by atoms with van der Waals surface area (Å²) in [5.41, 5.74) is 6.67. The van der Waals surface area contributed by atoms with Crippen molar-refractivity contribution in [2.45, 2.75) is 27.7 Å². The molecule has 0 bridgehead atoms. The molecule has 0 amide bonds. The molecule has 0 spiro atoms. The van der Waals surface area contributed by atoms with E-state index in [2.05, 4.69) is 0 Å². The van der Waals surface area contributed by atoms with Gasteiger partial charge in [0.15, 0.2) is 11.4 Å². The van der Waals surface area contributed by atoms with Gasteiger partial charge in [-0.25, -0.2) is 4.58 Å². The van der Waals surface area contributed by atoms with Crippen LogP contribution in [0.3, 0.4) is 0 Å². The maximum absolute atomic E-state index is 12.6. The van der Waals surface area contributed by atoms with Crippen LogP contribution in [0.25, 0.3) is 5.57 Å². The first-order valence-electron chi connectivity index (χ1n) is 7.37. The lowest BCUT2D eigenvalue weighted by Crippen LogP contribution is -2.24. The lowest BCUT2D eigenvalue weighted by atomic mass is 9.80. The molecule has 3 rings (SSSR count). The molecule has 4 nitrogen and oxygen atoms in total. The lowest BCUT2D eigenvalue weighted by molar-refractivity contribution is -0.439. The van der Waals surface area contributed by atoms with E-state index in [0.717, 1.165) is 33.9 Å². The Bertz CT molecular complexity index is 858. The number of rotatable bonds is 1. The van der Waals surface area contributed by atoms with Crippen molar-refractivity contribution in [1.82, 2.24) is 4.57 Å². The highest BCUT2D eigenvalue weighted by molar-refractivity contribution is 6.41. The van der Waals surface area contributed by atoms with E-state index >= 15 is 0 Å². The van der Waals surface area contributed by atoms with E-state index in [4.69, 9.17) is 0 Å². The Hall–Kier alpha value is -2.36. The highest BCUT2D eigenvalue weighted by atomic mass is 16.3. The van der Waals surface area contributed by atoms with Gasteiger partial charge in [-0.05, 0) is 19.9 Å². The molecule has 1 aliphatic heterocycles. The van der Waals surface area contributed by atoms with Crippen LogP contribution in [0.15, 0.2) is 34.7 Å². The third kappa shape index (κ3) is 1.70. The van der Waals surface area contributed by atoms with E-state index in [1.165, 1.54) is 0 Å². The smallest absolute Gasteiger partial charge is 0.202 e. The first-order chi connectivity index (χ1) is 10.3. The van der Waals surface area contributed by atoms with Gasteiger partial charge in [-0.1, -0.05) is 0 Å². The van der Waals surface area contributed by atoms with Gasteiger partial charge in [0.05, 0.1) is 16.7 Å². The Morgan fingerprint density at radius 2 is 1.77 bits per heavy atom. The van der Waals surface area contributed by atoms with Crippen molar-refractivity contribution >= 4 is 17.1 Å². The zero-order valence-corrected chi connectivity index (χ0v) is 13.9. The van der Waals surface area contributed by atoms with Crippen LogP contribution in [0.1, 0.15) is 30.8 Å². The molecule has 0 radical (unpaired) electrons. The fourth-order valence-electron chi connectivity index (χ4n) is 3.12. The van der Waals surface area contributed by atoms with Gasteiger partial charge in [-0.3, -0.25) is 4.79 Å². The molecule has 1 aromatic heterocycles. The molecule has 2 heterocycles. The summed E-state index contributed by atoms with van der Waals surface area (Å²) in [5.74, 6) is 0.0484. The van der Waals surface area contributed by atoms with Crippen molar-refractivity contribution in [3.05, 3.63) is 51.7 Å². The van der Waals surface area contributed by atoms with Crippen LogP contribution in [0.2, 0.25) is 0 Å². The number of ketones is 1. The number of nitrogens with zero attached hydrogens (tertiary/aromatic N) is 2. The zero-order valence-electron chi connectivity index (χ0n) is 13.9. The van der Waals surface area contributed by atoms with E-state index in [9.17, 15) is 9.90 Å². The van der Waals surface area contributed by atoms with Crippen LogP contribution < -0.4 is 0 Å². The number of aromatic nitrogens is 1. The highest BCUT2D eigenvalue weighted by Gasteiger charge is 2.41. The number of carbonyl (C=O) groups is 1. The Balaban J connectivity index is 2.18. The number of Topliss-reactive ketones (excluding diaryl/α,β-unsaturated/α-hetero) is 1. The number of aliphatic hydroxyl groups is 1. The zero-order chi connectivity index (χ0) is 16.3. The summed E-state index contributed by atoms with van der Waals surface area (Å²) in [4.78, 5) is 12.6. The molecule has 2 aliphatic rings. The number of aliphatic hydroxyl groups excluding tert-OH is 1. The van der Waals surface area contributed by atoms with Crippen LogP contribution >= 0.6 is 0 Å². The maximum atomic E-state index is 12.6. The van der Waals surface area contributed by atoms with Gasteiger partial charge in [-0.2, -0.15) is 0 Å². The van der Waals surface area contributed by atoms with E-state index in [1.807, 2.05) is 63.1 Å². The van der Waals surface area contributed by atoms with Crippen molar-refractivity contribution < 1.29 is 14.5 Å². The molecule has 0 saturated heterocycles. The number of carbonyl (C=O) groups excluding carboxylic acids is 1. The van der Waals surface area contributed by atoms with Crippen molar-refractivity contribution in [3.8, 4) is 0 Å². The number of hydrogen-bond acceptors (Lipinski definition) is 2.